The van der Waals surface area contributed by atoms with E-state index in [0.717, 1.165) is 5.56 Å². The van der Waals surface area contributed by atoms with E-state index in [4.69, 9.17) is 18.9 Å². The number of sulfonamides is 1. The van der Waals surface area contributed by atoms with Crippen LogP contribution in [0.15, 0.2) is 65.6 Å². The van der Waals surface area contributed by atoms with Crippen molar-refractivity contribution in [1.29, 1.82) is 0 Å². The first-order valence-corrected chi connectivity index (χ1v) is 12.2. The van der Waals surface area contributed by atoms with Crippen molar-refractivity contribution < 1.29 is 32.2 Å². The zero-order valence-electron chi connectivity index (χ0n) is 18.1. The van der Waals surface area contributed by atoms with Crippen LogP contribution in [0, 0.1) is 0 Å². The molecule has 0 saturated carbocycles. The van der Waals surface area contributed by atoms with Gasteiger partial charge in [0, 0.05) is 17.4 Å². The average molecular weight is 483 g/mol. The minimum absolute atomic E-state index is 0.0635. The minimum Gasteiger partial charge on any atom is -0.486 e. The molecule has 2 N–H and O–H groups in total. The molecule has 0 unspecified atom stereocenters. The SMILES string of the molecule is O=C(Cc1ccc2c(c1)OCCO2)Nc1ccc(NS(=O)(=O)c2ccc3c(c2)OCCO3)cc1. The van der Waals surface area contributed by atoms with Crippen LogP contribution in [0.4, 0.5) is 11.4 Å². The number of ether oxygens (including phenoxy) is 4. The Hall–Kier alpha value is -3.92. The van der Waals surface area contributed by atoms with E-state index in [1.165, 1.54) is 12.1 Å². The maximum Gasteiger partial charge on any atom is 0.262 e. The number of rotatable bonds is 6. The Bertz CT molecular complexity index is 1320. The molecule has 0 aliphatic carbocycles. The molecule has 10 heteroatoms. The van der Waals surface area contributed by atoms with Gasteiger partial charge in [-0.15, -0.1) is 0 Å². The van der Waals surface area contributed by atoms with Gasteiger partial charge in [-0.2, -0.15) is 0 Å². The zero-order chi connectivity index (χ0) is 23.5. The highest BCUT2D eigenvalue weighted by Crippen LogP contribution is 2.33. The van der Waals surface area contributed by atoms with Gasteiger partial charge in [0.15, 0.2) is 23.0 Å². The standard InChI is InChI=1S/C24H22N2O7S/c27-24(14-16-1-7-20-22(13-16)32-11-9-30-20)25-17-2-4-18(5-3-17)26-34(28,29)19-6-8-21-23(15-19)33-12-10-31-21/h1-8,13,15,26H,9-12,14H2,(H,25,27). The number of hydrogen-bond donors (Lipinski definition) is 2. The van der Waals surface area contributed by atoms with Crippen molar-refractivity contribution in [2.24, 2.45) is 0 Å². The Kier molecular flexibility index (Phi) is 5.89. The lowest BCUT2D eigenvalue weighted by Gasteiger charge is -2.19. The predicted octanol–water partition coefficient (Wildman–Crippen LogP) is 3.21. The van der Waals surface area contributed by atoms with Gasteiger partial charge in [-0.25, -0.2) is 8.42 Å². The highest BCUT2D eigenvalue weighted by atomic mass is 32.2. The fourth-order valence-corrected chi connectivity index (χ4v) is 4.69. The number of carbonyl (C=O) groups excluding carboxylic acids is 1. The molecule has 0 bridgehead atoms. The van der Waals surface area contributed by atoms with E-state index in [9.17, 15) is 13.2 Å². The lowest BCUT2D eigenvalue weighted by Crippen LogP contribution is -2.17. The number of carbonyl (C=O) groups is 1. The van der Waals surface area contributed by atoms with Gasteiger partial charge >= 0.3 is 0 Å². The highest BCUT2D eigenvalue weighted by molar-refractivity contribution is 7.92. The summed E-state index contributed by atoms with van der Waals surface area (Å²) in [5.41, 5.74) is 1.70. The Morgan fingerprint density at radius 1 is 0.706 bits per heavy atom. The van der Waals surface area contributed by atoms with Gasteiger partial charge in [0.1, 0.15) is 26.4 Å². The van der Waals surface area contributed by atoms with Crippen molar-refractivity contribution in [3.63, 3.8) is 0 Å². The van der Waals surface area contributed by atoms with E-state index >= 15 is 0 Å². The van der Waals surface area contributed by atoms with Crippen LogP contribution in [-0.2, 0) is 21.2 Å². The summed E-state index contributed by atoms with van der Waals surface area (Å²) in [6.07, 6.45) is 0.162. The number of hydrogen-bond acceptors (Lipinski definition) is 7. The van der Waals surface area contributed by atoms with Gasteiger partial charge in [-0.05, 0) is 54.1 Å². The minimum atomic E-state index is -3.83. The third-order valence-corrected chi connectivity index (χ3v) is 6.60. The van der Waals surface area contributed by atoms with E-state index in [0.29, 0.717) is 60.8 Å². The van der Waals surface area contributed by atoms with E-state index in [2.05, 4.69) is 10.0 Å². The molecule has 5 rings (SSSR count). The molecule has 0 spiro atoms. The van der Waals surface area contributed by atoms with Crippen LogP contribution >= 0.6 is 0 Å². The molecular weight excluding hydrogens is 460 g/mol. The number of nitrogens with one attached hydrogen (secondary N) is 2. The Labute approximate surface area is 196 Å². The van der Waals surface area contributed by atoms with Crippen molar-refractivity contribution >= 4 is 27.3 Å². The zero-order valence-corrected chi connectivity index (χ0v) is 18.9. The van der Waals surface area contributed by atoms with E-state index in [1.807, 2.05) is 6.07 Å². The van der Waals surface area contributed by atoms with Crippen LogP contribution in [0.5, 0.6) is 23.0 Å². The molecule has 0 fully saturated rings. The number of benzene rings is 3. The third kappa shape index (κ3) is 4.86. The van der Waals surface area contributed by atoms with E-state index < -0.39 is 10.0 Å². The molecule has 2 aliphatic heterocycles. The molecule has 2 aliphatic rings. The van der Waals surface area contributed by atoms with Crippen molar-refractivity contribution in [2.45, 2.75) is 11.3 Å². The van der Waals surface area contributed by atoms with Gasteiger partial charge in [-0.1, -0.05) is 6.07 Å². The number of fused-ring (bicyclic) bond motifs is 2. The first-order valence-electron chi connectivity index (χ1n) is 10.7. The van der Waals surface area contributed by atoms with Crippen LogP contribution in [0.1, 0.15) is 5.56 Å². The number of amides is 1. The second kappa shape index (κ2) is 9.14. The highest BCUT2D eigenvalue weighted by Gasteiger charge is 2.20. The van der Waals surface area contributed by atoms with Gasteiger partial charge in [0.25, 0.3) is 10.0 Å². The Morgan fingerprint density at radius 3 is 1.94 bits per heavy atom. The fraction of sp³-hybridized carbons (Fsp3) is 0.208. The van der Waals surface area contributed by atoms with Crippen LogP contribution in [0.3, 0.4) is 0 Å². The molecule has 0 aromatic heterocycles. The van der Waals surface area contributed by atoms with Crippen LogP contribution in [-0.4, -0.2) is 40.8 Å². The summed E-state index contributed by atoms with van der Waals surface area (Å²) in [5.74, 6) is 2.00. The molecule has 3 aromatic carbocycles. The monoisotopic (exact) mass is 482 g/mol. The summed E-state index contributed by atoms with van der Waals surface area (Å²) in [4.78, 5) is 12.5. The van der Waals surface area contributed by atoms with Crippen molar-refractivity contribution in [3.8, 4) is 23.0 Å². The van der Waals surface area contributed by atoms with Gasteiger partial charge in [-0.3, -0.25) is 9.52 Å². The van der Waals surface area contributed by atoms with E-state index in [1.54, 1.807) is 42.5 Å². The van der Waals surface area contributed by atoms with Crippen LogP contribution in [0.2, 0.25) is 0 Å². The lowest BCUT2D eigenvalue weighted by molar-refractivity contribution is -0.115. The van der Waals surface area contributed by atoms with Crippen LogP contribution < -0.4 is 29.0 Å². The first kappa shape index (κ1) is 21.9. The van der Waals surface area contributed by atoms with Gasteiger partial charge in [0.2, 0.25) is 5.91 Å². The number of anilines is 2. The van der Waals surface area contributed by atoms with Gasteiger partial charge in [0.05, 0.1) is 11.3 Å². The summed E-state index contributed by atoms with van der Waals surface area (Å²) in [7, 11) is -3.83. The second-order valence-corrected chi connectivity index (χ2v) is 9.37. The molecule has 0 radical (unpaired) electrons. The first-order chi connectivity index (χ1) is 16.5. The molecule has 176 valence electrons. The maximum absolute atomic E-state index is 12.8. The molecular formula is C24H22N2O7S. The summed E-state index contributed by atoms with van der Waals surface area (Å²) < 4.78 is 50.0. The topological polar surface area (TPSA) is 112 Å². The molecule has 2 heterocycles. The predicted molar refractivity (Wildman–Crippen MR) is 124 cm³/mol. The molecule has 9 nitrogen and oxygen atoms in total. The largest absolute Gasteiger partial charge is 0.486 e. The second-order valence-electron chi connectivity index (χ2n) is 7.69. The third-order valence-electron chi connectivity index (χ3n) is 5.22. The smallest absolute Gasteiger partial charge is 0.262 e. The quantitative estimate of drug-likeness (QED) is 0.555. The average Bonchev–Trinajstić information content (AvgIpc) is 2.84. The normalized spacial score (nSPS) is 14.2. The van der Waals surface area contributed by atoms with Crippen molar-refractivity contribution in [2.75, 3.05) is 36.5 Å². The van der Waals surface area contributed by atoms with Crippen molar-refractivity contribution in [3.05, 3.63) is 66.2 Å². The molecule has 34 heavy (non-hydrogen) atoms. The lowest BCUT2D eigenvalue weighted by atomic mass is 10.1. The van der Waals surface area contributed by atoms with E-state index in [-0.39, 0.29) is 17.2 Å². The van der Waals surface area contributed by atoms with Gasteiger partial charge < -0.3 is 24.3 Å². The molecule has 3 aromatic rings. The van der Waals surface area contributed by atoms with Crippen molar-refractivity contribution in [1.82, 2.24) is 0 Å². The molecule has 0 atom stereocenters. The Balaban J connectivity index is 1.21. The fourth-order valence-electron chi connectivity index (χ4n) is 3.61. The van der Waals surface area contributed by atoms with Crippen LogP contribution in [0.25, 0.3) is 0 Å². The Morgan fingerprint density at radius 2 is 1.26 bits per heavy atom. The summed E-state index contributed by atoms with van der Waals surface area (Å²) >= 11 is 0. The maximum atomic E-state index is 12.8. The summed E-state index contributed by atoms with van der Waals surface area (Å²) in [6, 6.07) is 16.3. The molecule has 1 amide bonds. The summed E-state index contributed by atoms with van der Waals surface area (Å²) in [5, 5.41) is 2.81. The summed E-state index contributed by atoms with van der Waals surface area (Å²) in [6.45, 7) is 1.78. The molecule has 0 saturated heterocycles.